The minimum atomic E-state index is -1.40. The van der Waals surface area contributed by atoms with Gasteiger partial charge < -0.3 is 29.5 Å². The van der Waals surface area contributed by atoms with E-state index in [1.165, 1.54) is 0 Å². The van der Waals surface area contributed by atoms with Gasteiger partial charge >= 0.3 is 11.9 Å². The molecule has 0 aromatic carbocycles. The number of rotatable bonds is 15. The maximum absolute atomic E-state index is 13.0. The Kier molecular flexibility index (Phi) is 12.8. The second-order valence-corrected chi connectivity index (χ2v) is 15.0. The Labute approximate surface area is 288 Å². The molecule has 0 aromatic heterocycles. The first-order valence-electron chi connectivity index (χ1n) is 16.2. The van der Waals surface area contributed by atoms with Crippen molar-refractivity contribution in [2.24, 2.45) is 40.4 Å². The minimum Gasteiger partial charge on any atom is -0.481 e. The summed E-state index contributed by atoms with van der Waals surface area (Å²) in [6.45, 7) is 9.32. The fourth-order valence-electron chi connectivity index (χ4n) is 9.69. The Morgan fingerprint density at radius 3 is 2.58 bits per heavy atom. The van der Waals surface area contributed by atoms with Crippen molar-refractivity contribution in [2.45, 2.75) is 115 Å². The number of carbonyl (C=O) groups excluding carboxylic acids is 1. The van der Waals surface area contributed by atoms with Gasteiger partial charge in [-0.2, -0.15) is 4.89 Å². The van der Waals surface area contributed by atoms with E-state index >= 15 is 0 Å². The summed E-state index contributed by atoms with van der Waals surface area (Å²) in [5.41, 5.74) is -0.0126. The van der Waals surface area contributed by atoms with Crippen molar-refractivity contribution in [1.29, 1.82) is 0 Å². The maximum Gasteiger partial charge on any atom is 0.306 e. The second kappa shape index (κ2) is 16.1. The molecule has 0 aromatic rings. The van der Waals surface area contributed by atoms with E-state index in [2.05, 4.69) is 50.2 Å². The summed E-state index contributed by atoms with van der Waals surface area (Å²) in [7, 11) is 0. The molecule has 48 heavy (non-hydrogen) atoms. The lowest BCUT2D eigenvalue weighted by Gasteiger charge is -2.62. The number of esters is 1. The Bertz CT molecular complexity index is 1150. The van der Waals surface area contributed by atoms with Crippen LogP contribution in [0.2, 0.25) is 0 Å². The fraction of sp³-hybridized carbons (Fsp3) is 0.867. The van der Waals surface area contributed by atoms with Crippen molar-refractivity contribution < 1.29 is 77.2 Å². The van der Waals surface area contributed by atoms with Crippen molar-refractivity contribution in [3.8, 4) is 0 Å². The van der Waals surface area contributed by atoms with Crippen LogP contribution in [0.25, 0.3) is 0 Å². The van der Waals surface area contributed by atoms with E-state index in [4.69, 9.17) is 28.5 Å². The number of hydrogen-bond donors (Lipinski definition) is 5. The van der Waals surface area contributed by atoms with Crippen molar-refractivity contribution in [3.63, 3.8) is 0 Å². The summed E-state index contributed by atoms with van der Waals surface area (Å²) in [6, 6.07) is 0. The summed E-state index contributed by atoms with van der Waals surface area (Å²) < 4.78 is 32.6. The van der Waals surface area contributed by atoms with Crippen molar-refractivity contribution in [1.82, 2.24) is 0 Å². The van der Waals surface area contributed by atoms with Crippen LogP contribution in [0, 0.1) is 40.4 Å². The van der Waals surface area contributed by atoms with Crippen molar-refractivity contribution >= 4 is 37.2 Å². The monoisotopic (exact) mass is 726 g/mol. The van der Waals surface area contributed by atoms with E-state index in [1.54, 1.807) is 0 Å². The number of carbonyl (C=O) groups is 2. The van der Waals surface area contributed by atoms with Gasteiger partial charge in [0, 0.05) is 24.7 Å². The molecule has 1 aliphatic heterocycles. The molecule has 2 bridgehead atoms. The molecule has 1 spiro atoms. The molecule has 5 fully saturated rings. The minimum absolute atomic E-state index is 0.0179. The highest BCUT2D eigenvalue weighted by Gasteiger charge is 2.67. The van der Waals surface area contributed by atoms with Gasteiger partial charge in [0.25, 0.3) is 0 Å². The fourth-order valence-corrected chi connectivity index (χ4v) is 10.1. The molecule has 4 N–H and O–H groups in total. The first-order valence-corrected chi connectivity index (χ1v) is 17.2. The molecule has 274 valence electrons. The number of carboxylic acid groups (broad SMARTS) is 1. The first-order chi connectivity index (χ1) is 22.9. The smallest absolute Gasteiger partial charge is 0.306 e. The molecule has 5 aliphatic rings. The lowest BCUT2D eigenvalue weighted by molar-refractivity contribution is -0.620. The Morgan fingerprint density at radius 1 is 1.15 bits per heavy atom. The molecular weight excluding hydrogens is 680 g/mol. The summed E-state index contributed by atoms with van der Waals surface area (Å²) in [6.07, 6.45) is -3.56. The quantitative estimate of drug-likeness (QED) is 0.0238. The molecule has 0 amide bonds. The summed E-state index contributed by atoms with van der Waals surface area (Å²) in [5.74, 6) is -2.25. The summed E-state index contributed by atoms with van der Waals surface area (Å²) in [5, 5.41) is 53.3. The number of ether oxygens (including phenoxy) is 3. The Hall–Kier alpha value is -1.10. The van der Waals surface area contributed by atoms with E-state index in [9.17, 15) is 24.9 Å². The van der Waals surface area contributed by atoms with Gasteiger partial charge in [0.2, 0.25) is 0 Å². The molecule has 13 atom stereocenters. The number of fused-ring (bicyclic) bond motifs is 3. The molecule has 1 heterocycles. The van der Waals surface area contributed by atoms with Gasteiger partial charge in [-0.1, -0.05) is 32.4 Å². The Morgan fingerprint density at radius 2 is 1.92 bits per heavy atom. The molecule has 4 aliphatic carbocycles. The van der Waals surface area contributed by atoms with E-state index in [1.807, 2.05) is 13.8 Å². The molecule has 0 radical (unpaired) electrons. The predicted molar refractivity (Wildman–Crippen MR) is 164 cm³/mol. The van der Waals surface area contributed by atoms with Crippen LogP contribution in [-0.2, 0) is 56.7 Å². The predicted octanol–water partition coefficient (Wildman–Crippen LogP) is 3.69. The van der Waals surface area contributed by atoms with Gasteiger partial charge in [0.1, 0.15) is 12.2 Å². The first kappa shape index (κ1) is 38.1. The van der Waals surface area contributed by atoms with Gasteiger partial charge in [-0.25, -0.2) is 5.26 Å². The van der Waals surface area contributed by atoms with E-state index < -0.39 is 72.8 Å². The van der Waals surface area contributed by atoms with Crippen LogP contribution in [-0.4, -0.2) is 82.0 Å². The van der Waals surface area contributed by atoms with Crippen LogP contribution in [0.1, 0.15) is 72.1 Å². The number of hydrogen-bond acceptors (Lipinski definition) is 17. The van der Waals surface area contributed by atoms with Gasteiger partial charge in [0.05, 0.1) is 24.7 Å². The number of thiol groups is 1. The topological polar surface area (TPSA) is 207 Å². The highest BCUT2D eigenvalue weighted by molar-refractivity contribution is 7.89. The molecule has 8 unspecified atom stereocenters. The Balaban J connectivity index is 1.46. The maximum atomic E-state index is 13.0. The number of aliphatic hydroxyl groups is 2. The molecule has 4 saturated carbocycles. The van der Waals surface area contributed by atoms with Gasteiger partial charge in [0.15, 0.2) is 30.8 Å². The average molecular weight is 727 g/mol. The third-order valence-electron chi connectivity index (χ3n) is 11.5. The van der Waals surface area contributed by atoms with Crippen LogP contribution in [0.15, 0.2) is 12.2 Å². The van der Waals surface area contributed by atoms with Crippen LogP contribution in [0.4, 0.5) is 0 Å². The molecule has 16 nitrogen and oxygen atoms in total. The van der Waals surface area contributed by atoms with Crippen molar-refractivity contribution in [2.75, 3.05) is 6.61 Å². The van der Waals surface area contributed by atoms with E-state index in [0.29, 0.717) is 12.8 Å². The van der Waals surface area contributed by atoms with Crippen LogP contribution in [0.5, 0.6) is 0 Å². The van der Waals surface area contributed by atoms with Crippen molar-refractivity contribution in [3.05, 3.63) is 12.2 Å². The third-order valence-corrected chi connectivity index (χ3v) is 11.9. The zero-order chi connectivity index (χ0) is 34.8. The average Bonchev–Trinajstić information content (AvgIpc) is 3.21. The highest BCUT2D eigenvalue weighted by atomic mass is 32.2. The standard InChI is InChI=1S/C30H46O16S2/c1-14(2)9-22(32)39-25-24(41-48-46-42-36)23(40-43-44-45-47)20(13-31)38-28(25)37-17-10-18(27(34)35)19-7-8-30-11-16(15(3)26(30)33)5-6-21(30)29(19,4)12-17/h14,16-21,23-26,28,31,33,36,47H,3,5-13H2,1-2,4H3,(H,34,35)/t16?,17?,18?,19?,20-,21?,23-,24-,25?,26+,28+,29?,30?/m1/s1. The van der Waals surface area contributed by atoms with Gasteiger partial charge in [-0.05, 0) is 89.7 Å². The lowest BCUT2D eigenvalue weighted by Crippen LogP contribution is -2.63. The largest absolute Gasteiger partial charge is 0.481 e. The molecule has 1 saturated heterocycles. The lowest BCUT2D eigenvalue weighted by atomic mass is 9.43. The second-order valence-electron chi connectivity index (χ2n) is 14.4. The highest BCUT2D eigenvalue weighted by Crippen LogP contribution is 2.70. The molecule has 5 rings (SSSR count). The summed E-state index contributed by atoms with van der Waals surface area (Å²) >= 11 is 3.55. The SMILES string of the molecule is C=C1C2CCC3C4(C)CC(O[C@H]5O[C@H](CO)[C@@H](OOOOS)[C@@H](OSOOO)C5OC(=O)CC(C)C)CC(C(=O)O)C4CCC3(C2)[C@H]1O. The molecule has 18 heteroatoms. The zero-order valence-electron chi connectivity index (χ0n) is 27.0. The number of aliphatic carboxylic acids is 1. The third kappa shape index (κ3) is 7.43. The normalized spacial score (nSPS) is 42.3. The summed E-state index contributed by atoms with van der Waals surface area (Å²) in [4.78, 5) is 31.1. The van der Waals surface area contributed by atoms with Crippen LogP contribution < -0.4 is 0 Å². The van der Waals surface area contributed by atoms with Crippen LogP contribution >= 0.6 is 25.2 Å². The number of aliphatic hydroxyl groups excluding tert-OH is 2. The van der Waals surface area contributed by atoms with E-state index in [-0.39, 0.29) is 54.3 Å². The zero-order valence-corrected chi connectivity index (χ0v) is 28.8. The molecular formula is C30H46O16S2. The van der Waals surface area contributed by atoms with Gasteiger partial charge in [-0.15, -0.1) is 8.67 Å². The van der Waals surface area contributed by atoms with Crippen LogP contribution in [0.3, 0.4) is 0 Å². The van der Waals surface area contributed by atoms with Gasteiger partial charge in [-0.3, -0.25) is 13.8 Å². The van der Waals surface area contributed by atoms with E-state index in [0.717, 1.165) is 31.3 Å². The number of carboxylic acids is 1.